The van der Waals surface area contributed by atoms with Gasteiger partial charge in [-0.25, -0.2) is 34.9 Å². The van der Waals surface area contributed by atoms with Crippen LogP contribution in [0.25, 0.3) is 44.2 Å². The largest absolute Gasteiger partial charge is 0.380 e. The number of amidine groups is 1. The van der Waals surface area contributed by atoms with Gasteiger partial charge in [-0.05, 0) is 52.0 Å². The van der Waals surface area contributed by atoms with E-state index in [0.717, 1.165) is 78.4 Å². The Morgan fingerprint density at radius 3 is 1.51 bits per heavy atom. The van der Waals surface area contributed by atoms with Gasteiger partial charge in [0, 0.05) is 70.0 Å². The van der Waals surface area contributed by atoms with E-state index in [9.17, 15) is 0 Å². The topological polar surface area (TPSA) is 261 Å². The van der Waals surface area contributed by atoms with Gasteiger partial charge in [-0.2, -0.15) is 30.8 Å². The zero-order valence-electron chi connectivity index (χ0n) is 34.8. The Hall–Kier alpha value is -8.79. The normalized spacial score (nSPS) is 11.3. The Balaban J connectivity index is 0.000000130. The van der Waals surface area contributed by atoms with Crippen LogP contribution in [0.3, 0.4) is 0 Å². The zero-order valence-corrected chi connectivity index (χ0v) is 34.8. The summed E-state index contributed by atoms with van der Waals surface area (Å²) in [6.45, 7) is 9.16. The van der Waals surface area contributed by atoms with Gasteiger partial charge >= 0.3 is 0 Å². The second-order valence-corrected chi connectivity index (χ2v) is 14.4. The number of nitrogens with two attached hydrogens (primary N) is 2. The van der Waals surface area contributed by atoms with E-state index < -0.39 is 0 Å². The van der Waals surface area contributed by atoms with E-state index in [0.29, 0.717) is 36.8 Å². The number of hydrazone groups is 1. The summed E-state index contributed by atoms with van der Waals surface area (Å²) in [6.07, 6.45) is 10.8. The van der Waals surface area contributed by atoms with Gasteiger partial charge in [0.05, 0.1) is 36.2 Å². The highest BCUT2D eigenvalue weighted by molar-refractivity contribution is 6.06. The van der Waals surface area contributed by atoms with E-state index in [1.165, 1.54) is 0 Å². The van der Waals surface area contributed by atoms with E-state index in [-0.39, 0.29) is 5.84 Å². The van der Waals surface area contributed by atoms with Crippen molar-refractivity contribution in [3.63, 3.8) is 0 Å². The second kappa shape index (κ2) is 18.2. The van der Waals surface area contributed by atoms with Crippen molar-refractivity contribution < 1.29 is 0 Å². The maximum atomic E-state index is 9.10. The van der Waals surface area contributed by atoms with Crippen LogP contribution in [-0.4, -0.2) is 80.3 Å². The van der Waals surface area contributed by atoms with Crippen LogP contribution in [-0.2, 0) is 19.6 Å². The molecule has 63 heavy (non-hydrogen) atoms. The van der Waals surface area contributed by atoms with Gasteiger partial charge in [0.2, 0.25) is 5.82 Å². The highest BCUT2D eigenvalue weighted by atomic mass is 15.3. The molecule has 0 amide bonds. The van der Waals surface area contributed by atoms with E-state index >= 15 is 0 Å². The third-order valence-corrected chi connectivity index (χ3v) is 9.77. The molecule has 10 rings (SSSR count). The van der Waals surface area contributed by atoms with Crippen molar-refractivity contribution in [2.24, 2.45) is 16.7 Å². The highest BCUT2D eigenvalue weighted by Gasteiger charge is 2.17. The summed E-state index contributed by atoms with van der Waals surface area (Å²) in [4.78, 5) is 29.6. The van der Waals surface area contributed by atoms with Crippen LogP contribution in [0.15, 0.2) is 115 Å². The summed E-state index contributed by atoms with van der Waals surface area (Å²) in [5.41, 5.74) is 13.5. The molecule has 0 radical (unpaired) electrons. The highest BCUT2D eigenvalue weighted by Crippen LogP contribution is 2.26. The van der Waals surface area contributed by atoms with Crippen LogP contribution in [0.2, 0.25) is 0 Å². The average Bonchev–Trinajstić information content (AvgIpc) is 4.10. The number of rotatable bonds is 8. The van der Waals surface area contributed by atoms with Gasteiger partial charge < -0.3 is 11.6 Å². The maximum absolute atomic E-state index is 9.10. The predicted molar refractivity (Wildman–Crippen MR) is 237 cm³/mol. The molecule has 0 aliphatic heterocycles. The van der Waals surface area contributed by atoms with Crippen molar-refractivity contribution >= 4 is 38.5 Å². The summed E-state index contributed by atoms with van der Waals surface area (Å²) < 4.78 is 5.59. The molecule has 0 spiro atoms. The first-order chi connectivity index (χ1) is 30.7. The van der Waals surface area contributed by atoms with Gasteiger partial charge in [-0.3, -0.25) is 19.1 Å². The van der Waals surface area contributed by atoms with Crippen molar-refractivity contribution in [1.82, 2.24) is 74.4 Å². The molecule has 0 aliphatic carbocycles. The molecule has 3 aromatic carbocycles. The molecule has 5 N–H and O–H groups in total. The maximum Gasteiger partial charge on any atom is 0.202 e. The number of benzene rings is 3. The molecule has 19 nitrogen and oxygen atoms in total. The van der Waals surface area contributed by atoms with Crippen LogP contribution in [0.1, 0.15) is 51.4 Å². The summed E-state index contributed by atoms with van der Waals surface area (Å²) in [7, 11) is 0. The number of fused-ring (bicyclic) bond motifs is 3. The summed E-state index contributed by atoms with van der Waals surface area (Å²) in [5, 5.41) is 36.1. The number of aromatic amines is 1. The van der Waals surface area contributed by atoms with Crippen molar-refractivity contribution in [2.75, 3.05) is 0 Å². The lowest BCUT2D eigenvalue weighted by Gasteiger charge is -2.03. The molecule has 0 bridgehead atoms. The van der Waals surface area contributed by atoms with E-state index in [4.69, 9.17) is 21.9 Å². The van der Waals surface area contributed by atoms with Crippen LogP contribution in [0, 0.1) is 39.0 Å². The van der Waals surface area contributed by atoms with Crippen molar-refractivity contribution in [3.05, 3.63) is 161 Å². The van der Waals surface area contributed by atoms with Gasteiger partial charge in [-0.1, -0.05) is 48.5 Å². The summed E-state index contributed by atoms with van der Waals surface area (Å²) in [6, 6.07) is 25.7. The van der Waals surface area contributed by atoms with Crippen molar-refractivity contribution in [1.29, 1.82) is 5.26 Å². The number of hydrogen-bond acceptors (Lipinski definition) is 14. The Bertz CT molecular complexity index is 3220. The summed E-state index contributed by atoms with van der Waals surface area (Å²) >= 11 is 0. The Morgan fingerprint density at radius 1 is 0.603 bits per heavy atom. The fraction of sp³-hybridized carbons (Fsp3) is 0.159. The molecule has 7 aromatic heterocycles. The Labute approximate surface area is 360 Å². The van der Waals surface area contributed by atoms with Crippen molar-refractivity contribution in [2.45, 2.75) is 47.3 Å². The molecular formula is C44H41N19. The van der Waals surface area contributed by atoms with Gasteiger partial charge in [0.15, 0.2) is 11.5 Å². The SMILES string of the molecule is Cc1ncc(Cn2nc(-c3n[nH]c(C)n3)c3ccccc32)cn1.Cc1ncc(Cn2nc(/C(N)=N/N)c3ccccc32)cn1.Cc1ncc(Cn2nc(C#N)c3ccccc32)cn1. The third kappa shape index (κ3) is 9.19. The molecule has 19 heteroatoms. The minimum Gasteiger partial charge on any atom is -0.380 e. The first kappa shape index (κ1) is 41.0. The summed E-state index contributed by atoms with van der Waals surface area (Å²) in [5.74, 6) is 9.10. The molecule has 0 fully saturated rings. The van der Waals surface area contributed by atoms with Crippen LogP contribution in [0.5, 0.6) is 0 Å². The molecule has 0 saturated heterocycles. The molecular weight excluding hydrogens is 795 g/mol. The smallest absolute Gasteiger partial charge is 0.202 e. The number of hydrogen-bond donors (Lipinski definition) is 3. The lowest BCUT2D eigenvalue weighted by atomic mass is 10.2. The lowest BCUT2D eigenvalue weighted by Crippen LogP contribution is -2.17. The number of aryl methyl sites for hydroxylation is 4. The molecule has 312 valence electrons. The monoisotopic (exact) mass is 835 g/mol. The van der Waals surface area contributed by atoms with Crippen molar-refractivity contribution in [3.8, 4) is 17.6 Å². The fourth-order valence-corrected chi connectivity index (χ4v) is 6.71. The third-order valence-electron chi connectivity index (χ3n) is 9.77. The number of nitriles is 1. The Morgan fingerprint density at radius 2 is 1.03 bits per heavy atom. The molecule has 0 unspecified atom stereocenters. The lowest BCUT2D eigenvalue weighted by molar-refractivity contribution is 0.702. The molecule has 0 saturated carbocycles. The van der Waals surface area contributed by atoms with Crippen LogP contribution < -0.4 is 11.6 Å². The first-order valence-electron chi connectivity index (χ1n) is 19.7. The van der Waals surface area contributed by atoms with Gasteiger partial charge in [-0.15, -0.1) is 0 Å². The van der Waals surface area contributed by atoms with Crippen LogP contribution >= 0.6 is 0 Å². The molecule has 0 atom stereocenters. The van der Waals surface area contributed by atoms with E-state index in [1.54, 1.807) is 24.8 Å². The number of para-hydroxylation sites is 3. The number of H-pyrrole nitrogens is 1. The van der Waals surface area contributed by atoms with Gasteiger partial charge in [0.25, 0.3) is 0 Å². The zero-order chi connectivity index (χ0) is 43.9. The molecule has 0 aliphatic rings. The standard InChI is InChI=1S/C16H15N7.C14H15N7.C14H11N5/c1-10-17-7-12(8-18-10)9-23-14-6-4-3-5-13(14)15(22-23)16-19-11(2)20-21-16;1-9-17-6-10(7-18-9)8-21-12-5-3-2-4-11(12)13(20-21)14(15)19-16;1-10-16-7-11(8-17-10)9-19-14-5-3-2-4-12(14)13(6-15)18-19/h3-8H,9H2,1-2H3,(H,19,20,21);2-7H,8,16H2,1H3,(H2,15,19);2-5,7-8H,9H2,1H3. The second-order valence-electron chi connectivity index (χ2n) is 14.4. The van der Waals surface area contributed by atoms with Gasteiger partial charge in [0.1, 0.15) is 40.8 Å². The first-order valence-corrected chi connectivity index (χ1v) is 19.7. The quantitative estimate of drug-likeness (QED) is 0.0779. The number of nitrogens with zero attached hydrogens (tertiary/aromatic N) is 16. The Kier molecular flexibility index (Phi) is 11.9. The fourth-order valence-electron chi connectivity index (χ4n) is 6.71. The average molecular weight is 836 g/mol. The molecule has 10 aromatic rings. The molecule has 7 heterocycles. The van der Waals surface area contributed by atoms with E-state index in [2.05, 4.69) is 66.5 Å². The van der Waals surface area contributed by atoms with Crippen LogP contribution in [0.4, 0.5) is 0 Å². The minimum atomic E-state index is 0.213. The minimum absolute atomic E-state index is 0.213. The number of aromatic nitrogens is 15. The number of nitrogens with one attached hydrogen (secondary N) is 1. The van der Waals surface area contributed by atoms with E-state index in [1.807, 2.05) is 127 Å². The predicted octanol–water partition coefficient (Wildman–Crippen LogP) is 5.09.